The van der Waals surface area contributed by atoms with E-state index >= 15 is 0 Å². The minimum atomic E-state index is -1.31. The molecule has 1 saturated carbocycles. The number of nitrogens with one attached hydrogen (secondary N) is 1. The van der Waals surface area contributed by atoms with Gasteiger partial charge in [0.15, 0.2) is 5.54 Å². The van der Waals surface area contributed by atoms with Crippen LogP contribution in [0, 0.1) is 12.7 Å². The van der Waals surface area contributed by atoms with Gasteiger partial charge in [-0.3, -0.25) is 9.59 Å². The van der Waals surface area contributed by atoms with Gasteiger partial charge in [0.25, 0.3) is 11.8 Å². The second-order valence-corrected chi connectivity index (χ2v) is 11.4. The van der Waals surface area contributed by atoms with Gasteiger partial charge in [-0.1, -0.05) is 86.7 Å². The molecule has 0 radical (unpaired) electrons. The minimum absolute atomic E-state index is 0.0598. The van der Waals surface area contributed by atoms with Crippen molar-refractivity contribution in [3.05, 3.63) is 107 Å². The van der Waals surface area contributed by atoms with Crippen LogP contribution in [0.2, 0.25) is 0 Å². The van der Waals surface area contributed by atoms with Gasteiger partial charge >= 0.3 is 0 Å². The van der Waals surface area contributed by atoms with Gasteiger partial charge in [-0.05, 0) is 60.7 Å². The summed E-state index contributed by atoms with van der Waals surface area (Å²) in [5.74, 6) is -0.772. The summed E-state index contributed by atoms with van der Waals surface area (Å²) in [5.41, 5.74) is 2.66. The number of carbonyl (C=O) groups is 2. The molecule has 1 atom stereocenters. The fraction of sp³-hybridized carbons (Fsp3) is 0.353. The molecule has 40 heavy (non-hydrogen) atoms. The zero-order valence-electron chi connectivity index (χ0n) is 23.0. The third-order valence-electron chi connectivity index (χ3n) is 8.67. The van der Waals surface area contributed by atoms with Crippen LogP contribution < -0.4 is 5.32 Å². The van der Waals surface area contributed by atoms with Crippen LogP contribution in [0.4, 0.5) is 4.39 Å². The molecule has 1 aliphatic heterocycles. The zero-order chi connectivity index (χ0) is 27.7. The maximum Gasteiger partial charge on any atom is 0.272 e. The summed E-state index contributed by atoms with van der Waals surface area (Å²) in [4.78, 5) is 30.9. The predicted octanol–water partition coefficient (Wildman–Crippen LogP) is 6.87. The Morgan fingerprint density at radius 1 is 0.925 bits per heavy atom. The molecule has 6 heteroatoms. The van der Waals surface area contributed by atoms with Crippen molar-refractivity contribution in [1.82, 2.24) is 14.8 Å². The molecule has 5 nitrogen and oxygen atoms in total. The smallest absolute Gasteiger partial charge is 0.272 e. The minimum Gasteiger partial charge on any atom is -0.351 e. The highest BCUT2D eigenvalue weighted by atomic mass is 19.1. The Hall–Kier alpha value is -3.93. The third-order valence-corrected chi connectivity index (χ3v) is 8.67. The van der Waals surface area contributed by atoms with Crippen LogP contribution in [0.3, 0.4) is 0 Å². The summed E-state index contributed by atoms with van der Waals surface area (Å²) >= 11 is 0. The van der Waals surface area contributed by atoms with Crippen molar-refractivity contribution >= 4 is 22.7 Å². The van der Waals surface area contributed by atoms with Crippen molar-refractivity contribution < 1.29 is 14.0 Å². The first-order valence-corrected chi connectivity index (χ1v) is 14.5. The molecule has 4 aromatic rings. The first-order valence-electron chi connectivity index (χ1n) is 14.5. The summed E-state index contributed by atoms with van der Waals surface area (Å²) in [6, 6.07) is 24.0. The number of fused-ring (bicyclic) bond motifs is 3. The van der Waals surface area contributed by atoms with Crippen molar-refractivity contribution in [3.63, 3.8) is 0 Å². The van der Waals surface area contributed by atoms with E-state index in [0.29, 0.717) is 11.3 Å². The Balaban J connectivity index is 1.52. The highest BCUT2D eigenvalue weighted by Gasteiger charge is 2.52. The van der Waals surface area contributed by atoms with E-state index in [1.54, 1.807) is 11.0 Å². The first kappa shape index (κ1) is 26.3. The van der Waals surface area contributed by atoms with E-state index < -0.39 is 5.54 Å². The van der Waals surface area contributed by atoms with E-state index in [4.69, 9.17) is 0 Å². The highest BCUT2D eigenvalue weighted by molar-refractivity contribution is 6.04. The number of carbonyl (C=O) groups excluding carboxylic acids is 2. The van der Waals surface area contributed by atoms with E-state index in [2.05, 4.69) is 11.4 Å². The van der Waals surface area contributed by atoms with Crippen molar-refractivity contribution in [2.45, 2.75) is 76.5 Å². The number of halogens is 1. The molecular weight excluding hydrogens is 501 g/mol. The van der Waals surface area contributed by atoms with Gasteiger partial charge in [0.05, 0.1) is 6.54 Å². The molecule has 2 amide bonds. The number of hydrogen-bond acceptors (Lipinski definition) is 2. The maximum atomic E-state index is 14.7. The molecule has 0 saturated heterocycles. The van der Waals surface area contributed by atoms with Gasteiger partial charge in [-0.25, -0.2) is 4.39 Å². The van der Waals surface area contributed by atoms with E-state index in [1.165, 1.54) is 31.4 Å². The van der Waals surface area contributed by atoms with E-state index in [9.17, 15) is 14.0 Å². The molecule has 0 spiro atoms. The van der Waals surface area contributed by atoms with Crippen LogP contribution in [-0.2, 0) is 23.4 Å². The summed E-state index contributed by atoms with van der Waals surface area (Å²) in [5, 5.41) is 4.37. The molecule has 6 rings (SSSR count). The second-order valence-electron chi connectivity index (χ2n) is 11.4. The summed E-state index contributed by atoms with van der Waals surface area (Å²) in [7, 11) is 0. The van der Waals surface area contributed by atoms with Crippen LogP contribution >= 0.6 is 0 Å². The van der Waals surface area contributed by atoms with E-state index in [1.807, 2.05) is 66.1 Å². The van der Waals surface area contributed by atoms with E-state index in [0.717, 1.165) is 47.7 Å². The molecule has 1 aliphatic carbocycles. The van der Waals surface area contributed by atoms with Crippen LogP contribution in [-0.4, -0.2) is 27.3 Å². The van der Waals surface area contributed by atoms with E-state index in [-0.39, 0.29) is 36.8 Å². The van der Waals surface area contributed by atoms with Crippen LogP contribution in [0.15, 0.2) is 78.9 Å². The topological polar surface area (TPSA) is 54.3 Å². The summed E-state index contributed by atoms with van der Waals surface area (Å²) in [6.07, 6.45) is 7.64. The lowest BCUT2D eigenvalue weighted by molar-refractivity contribution is -0.136. The first-order chi connectivity index (χ1) is 19.5. The number of benzene rings is 3. The van der Waals surface area contributed by atoms with Crippen LogP contribution in [0.5, 0.6) is 0 Å². The van der Waals surface area contributed by atoms with Crippen molar-refractivity contribution in [2.24, 2.45) is 0 Å². The number of aromatic nitrogens is 1. The number of amides is 2. The van der Waals surface area contributed by atoms with Gasteiger partial charge < -0.3 is 14.8 Å². The Labute approximate surface area is 235 Å². The monoisotopic (exact) mass is 537 g/mol. The largest absolute Gasteiger partial charge is 0.351 e. The number of aryl methyl sites for hydroxylation is 1. The van der Waals surface area contributed by atoms with Gasteiger partial charge in [-0.15, -0.1) is 0 Å². The number of rotatable bonds is 5. The Bertz CT molecular complexity index is 1540. The van der Waals surface area contributed by atoms with Gasteiger partial charge in [0.2, 0.25) is 0 Å². The molecule has 2 heterocycles. The molecule has 0 unspecified atom stereocenters. The molecule has 1 fully saturated rings. The molecule has 206 valence electrons. The number of hydrogen-bond donors (Lipinski definition) is 1. The summed E-state index contributed by atoms with van der Waals surface area (Å²) < 4.78 is 16.3. The third kappa shape index (κ3) is 4.80. The normalized spacial score (nSPS) is 20.1. The molecule has 1 aromatic heterocycles. The fourth-order valence-electron chi connectivity index (χ4n) is 6.55. The predicted molar refractivity (Wildman–Crippen MR) is 155 cm³/mol. The maximum absolute atomic E-state index is 14.7. The Morgan fingerprint density at radius 3 is 2.42 bits per heavy atom. The van der Waals surface area contributed by atoms with Gasteiger partial charge in [0.1, 0.15) is 11.5 Å². The standard InChI is InChI=1S/C34H36FN3O2/c1-24-17-18-26-21-31-32(39)38(22-25-11-10-14-28(35)20-25)34(23-37(31)30(26)19-24,27-12-6-5-7-13-27)33(40)36-29-15-8-3-2-4-9-16-29/h5-7,10-14,17-21,29H,2-4,8-9,15-16,22-23H2,1H3,(H,36,40)/t34-/m0/s1. The van der Waals surface area contributed by atoms with Gasteiger partial charge in [0, 0.05) is 23.5 Å². The molecule has 2 aliphatic rings. The molecule has 0 bridgehead atoms. The van der Waals surface area contributed by atoms with Gasteiger partial charge in [-0.2, -0.15) is 0 Å². The van der Waals surface area contributed by atoms with Crippen molar-refractivity contribution in [1.29, 1.82) is 0 Å². The summed E-state index contributed by atoms with van der Waals surface area (Å²) in [6.45, 7) is 2.43. The highest BCUT2D eigenvalue weighted by Crippen LogP contribution is 2.40. The average molecular weight is 538 g/mol. The molecular formula is C34H36FN3O2. The second kappa shape index (κ2) is 10.9. The average Bonchev–Trinajstić information content (AvgIpc) is 3.29. The van der Waals surface area contributed by atoms with Crippen molar-refractivity contribution in [3.8, 4) is 0 Å². The number of nitrogens with zero attached hydrogens (tertiary/aromatic N) is 2. The molecule has 1 N–H and O–H groups in total. The SMILES string of the molecule is Cc1ccc2cc3n(c2c1)C[C@@](C(=O)NC1CCCCCCC1)(c1ccccc1)N(Cc1cccc(F)c1)C3=O. The van der Waals surface area contributed by atoms with Crippen molar-refractivity contribution in [2.75, 3.05) is 0 Å². The lowest BCUT2D eigenvalue weighted by atomic mass is 9.83. The Kier molecular flexibility index (Phi) is 7.18. The van der Waals surface area contributed by atoms with Crippen LogP contribution in [0.25, 0.3) is 10.9 Å². The Morgan fingerprint density at radius 2 is 1.68 bits per heavy atom. The fourth-order valence-corrected chi connectivity index (χ4v) is 6.55. The molecule has 3 aromatic carbocycles. The lowest BCUT2D eigenvalue weighted by Crippen LogP contribution is -2.64. The quantitative estimate of drug-likeness (QED) is 0.302. The zero-order valence-corrected chi connectivity index (χ0v) is 23.0. The van der Waals surface area contributed by atoms with Crippen LogP contribution in [0.1, 0.15) is 72.1 Å². The lowest BCUT2D eigenvalue weighted by Gasteiger charge is -2.47.